The topological polar surface area (TPSA) is 29.1 Å². The van der Waals surface area contributed by atoms with Gasteiger partial charge in [0.2, 0.25) is 5.91 Å². The first-order chi connectivity index (χ1) is 5.00. The van der Waals surface area contributed by atoms with Crippen LogP contribution in [0.15, 0.2) is 0 Å². The zero-order valence-corrected chi connectivity index (χ0v) is 7.48. The van der Waals surface area contributed by atoms with E-state index in [2.05, 4.69) is 11.7 Å². The van der Waals surface area contributed by atoms with Gasteiger partial charge in [0.05, 0.1) is 0 Å². The average Bonchev–Trinajstić information content (AvgIpc) is 1.75. The Labute approximate surface area is 68.4 Å². The third kappa shape index (κ3) is 2.21. The van der Waals surface area contributed by atoms with Gasteiger partial charge in [-0.05, 0) is 19.3 Å². The summed E-state index contributed by atoms with van der Waals surface area (Å²) in [7, 11) is 0. The second-order valence-electron chi connectivity index (χ2n) is 4.18. The maximum Gasteiger partial charge on any atom is 0.225 e. The first kappa shape index (κ1) is 8.57. The van der Waals surface area contributed by atoms with Crippen molar-refractivity contribution >= 4 is 5.91 Å². The highest BCUT2D eigenvalue weighted by Crippen LogP contribution is 2.20. The molecule has 0 aromatic heterocycles. The third-order valence-electron chi connectivity index (χ3n) is 1.92. The van der Waals surface area contributed by atoms with Gasteiger partial charge in [0.1, 0.15) is 0 Å². The predicted molar refractivity (Wildman–Crippen MR) is 44.9 cm³/mol. The lowest BCUT2D eigenvalue weighted by molar-refractivity contribution is -0.129. The van der Waals surface area contributed by atoms with Crippen LogP contribution in [0.5, 0.6) is 0 Å². The van der Waals surface area contributed by atoms with Gasteiger partial charge in [-0.2, -0.15) is 0 Å². The van der Waals surface area contributed by atoms with E-state index in [0.717, 1.165) is 12.8 Å². The Kier molecular flexibility index (Phi) is 2.21. The van der Waals surface area contributed by atoms with Crippen LogP contribution in [-0.2, 0) is 4.79 Å². The fourth-order valence-corrected chi connectivity index (χ4v) is 0.853. The molecule has 1 amide bonds. The summed E-state index contributed by atoms with van der Waals surface area (Å²) in [5, 5.41) is 2.99. The van der Waals surface area contributed by atoms with Crippen LogP contribution in [0.1, 0.15) is 33.6 Å². The lowest BCUT2D eigenvalue weighted by Gasteiger charge is -2.29. The largest absolute Gasteiger partial charge is 0.353 e. The lowest BCUT2D eigenvalue weighted by atomic mass is 9.90. The SMILES string of the molecule is CC(C)(C)C(=O)NC1C[CH]C1. The van der Waals surface area contributed by atoms with Crippen LogP contribution in [0, 0.1) is 11.8 Å². The Balaban J connectivity index is 2.30. The Morgan fingerprint density at radius 1 is 1.45 bits per heavy atom. The van der Waals surface area contributed by atoms with Crippen LogP contribution >= 0.6 is 0 Å². The number of nitrogens with one attached hydrogen (secondary N) is 1. The predicted octanol–water partition coefficient (Wildman–Crippen LogP) is 1.52. The van der Waals surface area contributed by atoms with Gasteiger partial charge in [0, 0.05) is 11.5 Å². The summed E-state index contributed by atoms with van der Waals surface area (Å²) < 4.78 is 0. The molecule has 0 heterocycles. The first-order valence-electron chi connectivity index (χ1n) is 4.13. The average molecular weight is 154 g/mol. The zero-order valence-electron chi connectivity index (χ0n) is 7.48. The van der Waals surface area contributed by atoms with Crippen LogP contribution in [0.2, 0.25) is 0 Å². The highest BCUT2D eigenvalue weighted by atomic mass is 16.2. The molecule has 2 heteroatoms. The number of hydrogen-bond donors (Lipinski definition) is 1. The minimum absolute atomic E-state index is 0.163. The van der Waals surface area contributed by atoms with Crippen LogP contribution in [0.4, 0.5) is 0 Å². The summed E-state index contributed by atoms with van der Waals surface area (Å²) in [5.74, 6) is 0.163. The second-order valence-corrected chi connectivity index (χ2v) is 4.18. The Bertz CT molecular complexity index is 153. The van der Waals surface area contributed by atoms with E-state index in [1.165, 1.54) is 0 Å². The number of carbonyl (C=O) groups excluding carboxylic acids is 1. The molecule has 0 saturated heterocycles. The molecule has 0 aromatic rings. The number of carbonyl (C=O) groups is 1. The summed E-state index contributed by atoms with van der Waals surface area (Å²) in [4.78, 5) is 11.3. The van der Waals surface area contributed by atoms with E-state index < -0.39 is 0 Å². The van der Waals surface area contributed by atoms with Crippen molar-refractivity contribution in [3.63, 3.8) is 0 Å². The van der Waals surface area contributed by atoms with Gasteiger partial charge in [-0.3, -0.25) is 4.79 Å². The van der Waals surface area contributed by atoms with Gasteiger partial charge in [0.15, 0.2) is 0 Å². The van der Waals surface area contributed by atoms with Crippen molar-refractivity contribution in [2.24, 2.45) is 5.41 Å². The van der Waals surface area contributed by atoms with Crippen molar-refractivity contribution in [3.05, 3.63) is 6.42 Å². The molecule has 1 fully saturated rings. The highest BCUT2D eigenvalue weighted by molar-refractivity contribution is 5.81. The molecule has 2 nitrogen and oxygen atoms in total. The van der Waals surface area contributed by atoms with E-state index in [0.29, 0.717) is 6.04 Å². The molecule has 0 atom stereocenters. The minimum Gasteiger partial charge on any atom is -0.353 e. The molecule has 63 valence electrons. The van der Waals surface area contributed by atoms with Crippen molar-refractivity contribution < 1.29 is 4.79 Å². The van der Waals surface area contributed by atoms with Crippen LogP contribution in [0.3, 0.4) is 0 Å². The molecular weight excluding hydrogens is 138 g/mol. The first-order valence-corrected chi connectivity index (χ1v) is 4.13. The van der Waals surface area contributed by atoms with E-state index >= 15 is 0 Å². The number of hydrogen-bond acceptors (Lipinski definition) is 1. The third-order valence-corrected chi connectivity index (χ3v) is 1.92. The van der Waals surface area contributed by atoms with Gasteiger partial charge < -0.3 is 5.32 Å². The van der Waals surface area contributed by atoms with Gasteiger partial charge in [-0.1, -0.05) is 20.8 Å². The molecule has 1 aliphatic rings. The fourth-order valence-electron chi connectivity index (χ4n) is 0.853. The molecule has 1 rings (SSSR count). The van der Waals surface area contributed by atoms with E-state index in [9.17, 15) is 4.79 Å². The van der Waals surface area contributed by atoms with Crippen molar-refractivity contribution in [2.75, 3.05) is 0 Å². The van der Waals surface area contributed by atoms with Crippen molar-refractivity contribution in [1.82, 2.24) is 5.32 Å². The molecule has 0 aliphatic heterocycles. The second kappa shape index (κ2) is 2.84. The van der Waals surface area contributed by atoms with Crippen LogP contribution < -0.4 is 5.32 Å². The van der Waals surface area contributed by atoms with E-state index in [1.54, 1.807) is 0 Å². The molecule has 0 aromatic carbocycles. The fraction of sp³-hybridized carbons (Fsp3) is 0.778. The molecule has 1 saturated carbocycles. The highest BCUT2D eigenvalue weighted by Gasteiger charge is 2.26. The monoisotopic (exact) mass is 154 g/mol. The molecule has 1 N–H and O–H groups in total. The van der Waals surface area contributed by atoms with Gasteiger partial charge in [-0.15, -0.1) is 0 Å². The summed E-state index contributed by atoms with van der Waals surface area (Å²) in [6.07, 6.45) is 4.28. The zero-order chi connectivity index (χ0) is 8.48. The van der Waals surface area contributed by atoms with E-state index in [1.807, 2.05) is 20.8 Å². The molecule has 0 unspecified atom stereocenters. The van der Waals surface area contributed by atoms with E-state index in [4.69, 9.17) is 0 Å². The summed E-state index contributed by atoms with van der Waals surface area (Å²) in [6, 6.07) is 0.418. The Morgan fingerprint density at radius 2 is 2.00 bits per heavy atom. The number of amides is 1. The van der Waals surface area contributed by atoms with Crippen molar-refractivity contribution in [3.8, 4) is 0 Å². The molecule has 1 aliphatic carbocycles. The van der Waals surface area contributed by atoms with Crippen LogP contribution in [-0.4, -0.2) is 11.9 Å². The van der Waals surface area contributed by atoms with Crippen molar-refractivity contribution in [1.29, 1.82) is 0 Å². The maximum atomic E-state index is 11.3. The molecule has 1 radical (unpaired) electrons. The summed E-state index contributed by atoms with van der Waals surface area (Å²) in [6.45, 7) is 5.81. The summed E-state index contributed by atoms with van der Waals surface area (Å²) in [5.41, 5.74) is -0.240. The Morgan fingerprint density at radius 3 is 2.27 bits per heavy atom. The molecule has 0 bridgehead atoms. The maximum absolute atomic E-state index is 11.3. The van der Waals surface area contributed by atoms with E-state index in [-0.39, 0.29) is 11.3 Å². The van der Waals surface area contributed by atoms with Gasteiger partial charge >= 0.3 is 0 Å². The normalized spacial score (nSPS) is 19.2. The molecule has 0 spiro atoms. The quantitative estimate of drug-likeness (QED) is 0.609. The minimum atomic E-state index is -0.240. The smallest absolute Gasteiger partial charge is 0.225 e. The molecule has 11 heavy (non-hydrogen) atoms. The van der Waals surface area contributed by atoms with Crippen LogP contribution in [0.25, 0.3) is 0 Å². The lowest BCUT2D eigenvalue weighted by Crippen LogP contribution is -2.45. The number of rotatable bonds is 1. The Hall–Kier alpha value is -0.530. The van der Waals surface area contributed by atoms with Gasteiger partial charge in [-0.25, -0.2) is 0 Å². The van der Waals surface area contributed by atoms with Crippen molar-refractivity contribution in [2.45, 2.75) is 39.7 Å². The summed E-state index contributed by atoms with van der Waals surface area (Å²) >= 11 is 0. The molecular formula is C9H16NO. The standard InChI is InChI=1S/C9H16NO/c1-9(2,3)8(11)10-7-5-4-6-7/h4,7H,5-6H2,1-3H3,(H,10,11). The van der Waals surface area contributed by atoms with Gasteiger partial charge in [0.25, 0.3) is 0 Å².